The number of hydrogen-bond acceptors (Lipinski definition) is 4. The van der Waals surface area contributed by atoms with Crippen LogP contribution in [0.4, 0.5) is 0 Å². The average molecular weight is 378 g/mol. The van der Waals surface area contributed by atoms with E-state index < -0.39 is 5.97 Å². The first-order chi connectivity index (χ1) is 13.6. The van der Waals surface area contributed by atoms with Gasteiger partial charge in [-0.1, -0.05) is 48.9 Å². The van der Waals surface area contributed by atoms with Gasteiger partial charge in [-0.3, -0.25) is 4.79 Å². The summed E-state index contributed by atoms with van der Waals surface area (Å²) in [6.07, 6.45) is 2.09. The molecule has 0 aliphatic rings. The highest BCUT2D eigenvalue weighted by atomic mass is 16.4. The smallest absolute Gasteiger partial charge is 0.358 e. The summed E-state index contributed by atoms with van der Waals surface area (Å²) >= 11 is 0. The summed E-state index contributed by atoms with van der Waals surface area (Å²) in [7, 11) is 0. The maximum absolute atomic E-state index is 12.3. The molecule has 7 heteroatoms. The van der Waals surface area contributed by atoms with E-state index in [0.29, 0.717) is 29.9 Å². The van der Waals surface area contributed by atoms with Crippen LogP contribution in [0.1, 0.15) is 45.4 Å². The molecule has 3 aromatic rings. The zero-order valence-corrected chi connectivity index (χ0v) is 15.6. The van der Waals surface area contributed by atoms with E-state index in [2.05, 4.69) is 15.6 Å². The predicted octanol–water partition coefficient (Wildman–Crippen LogP) is 2.89. The standard InChI is InChI=1S/C21H22N4O3/c1-2-6-18-19(21(27)28)23-24-25(18)17-11-9-16(10-12-17)20(26)22-14-13-15-7-4-3-5-8-15/h3-5,7-12H,2,6,13-14H2,1H3,(H,22,26)(H,27,28). The van der Waals surface area contributed by atoms with Crippen LogP contribution in [0.2, 0.25) is 0 Å². The van der Waals surface area contributed by atoms with Crippen molar-refractivity contribution in [1.29, 1.82) is 0 Å². The molecule has 0 saturated heterocycles. The molecule has 2 aromatic carbocycles. The van der Waals surface area contributed by atoms with Crippen molar-refractivity contribution in [2.45, 2.75) is 26.2 Å². The quantitative estimate of drug-likeness (QED) is 0.628. The highest BCUT2D eigenvalue weighted by Gasteiger charge is 2.19. The fraction of sp³-hybridized carbons (Fsp3) is 0.238. The third kappa shape index (κ3) is 4.43. The molecule has 0 atom stereocenters. The molecule has 7 nitrogen and oxygen atoms in total. The molecule has 0 unspecified atom stereocenters. The van der Waals surface area contributed by atoms with E-state index in [4.69, 9.17) is 0 Å². The fourth-order valence-electron chi connectivity index (χ4n) is 2.96. The monoisotopic (exact) mass is 378 g/mol. The second-order valence-electron chi connectivity index (χ2n) is 6.39. The number of aromatic nitrogens is 3. The third-order valence-electron chi connectivity index (χ3n) is 4.37. The highest BCUT2D eigenvalue weighted by molar-refractivity contribution is 5.94. The van der Waals surface area contributed by atoms with Crippen LogP contribution in [-0.2, 0) is 12.8 Å². The van der Waals surface area contributed by atoms with Crippen molar-refractivity contribution in [1.82, 2.24) is 20.3 Å². The van der Waals surface area contributed by atoms with Crippen LogP contribution in [0, 0.1) is 0 Å². The van der Waals surface area contributed by atoms with Crippen molar-refractivity contribution >= 4 is 11.9 Å². The number of carbonyl (C=O) groups is 2. The van der Waals surface area contributed by atoms with Gasteiger partial charge in [0.05, 0.1) is 11.4 Å². The van der Waals surface area contributed by atoms with E-state index in [1.54, 1.807) is 24.3 Å². The summed E-state index contributed by atoms with van der Waals surface area (Å²) in [6, 6.07) is 16.8. The Morgan fingerprint density at radius 2 is 1.75 bits per heavy atom. The van der Waals surface area contributed by atoms with Gasteiger partial charge in [0.1, 0.15) is 0 Å². The minimum absolute atomic E-state index is 0.0374. The minimum Gasteiger partial charge on any atom is -0.476 e. The molecular formula is C21H22N4O3. The molecule has 0 aliphatic carbocycles. The van der Waals surface area contributed by atoms with Crippen molar-refractivity contribution in [2.24, 2.45) is 0 Å². The number of benzene rings is 2. The van der Waals surface area contributed by atoms with Crippen molar-refractivity contribution < 1.29 is 14.7 Å². The zero-order valence-electron chi connectivity index (χ0n) is 15.6. The van der Waals surface area contributed by atoms with Crippen LogP contribution in [0.3, 0.4) is 0 Å². The van der Waals surface area contributed by atoms with Gasteiger partial charge in [0.2, 0.25) is 0 Å². The number of hydrogen-bond donors (Lipinski definition) is 2. The number of carboxylic acid groups (broad SMARTS) is 1. The number of nitrogens with one attached hydrogen (secondary N) is 1. The van der Waals surface area contributed by atoms with Gasteiger partial charge < -0.3 is 10.4 Å². The van der Waals surface area contributed by atoms with Crippen LogP contribution in [0.15, 0.2) is 54.6 Å². The van der Waals surface area contributed by atoms with E-state index in [1.807, 2.05) is 37.3 Å². The van der Waals surface area contributed by atoms with Gasteiger partial charge >= 0.3 is 5.97 Å². The summed E-state index contributed by atoms with van der Waals surface area (Å²) in [5.74, 6) is -1.25. The number of carboxylic acids is 1. The summed E-state index contributed by atoms with van der Waals surface area (Å²) < 4.78 is 1.52. The largest absolute Gasteiger partial charge is 0.476 e. The lowest BCUT2D eigenvalue weighted by Gasteiger charge is -2.08. The van der Waals surface area contributed by atoms with E-state index >= 15 is 0 Å². The molecule has 0 aliphatic heterocycles. The number of aromatic carboxylic acids is 1. The van der Waals surface area contributed by atoms with Crippen LogP contribution in [0.25, 0.3) is 5.69 Å². The van der Waals surface area contributed by atoms with Gasteiger partial charge in [-0.15, -0.1) is 5.10 Å². The second-order valence-corrected chi connectivity index (χ2v) is 6.39. The van der Waals surface area contributed by atoms with Crippen LogP contribution >= 0.6 is 0 Å². The molecule has 0 saturated carbocycles. The van der Waals surface area contributed by atoms with Crippen molar-refractivity contribution in [3.63, 3.8) is 0 Å². The lowest BCUT2D eigenvalue weighted by Crippen LogP contribution is -2.25. The highest BCUT2D eigenvalue weighted by Crippen LogP contribution is 2.16. The Labute approximate surface area is 163 Å². The molecule has 0 spiro atoms. The molecule has 0 radical (unpaired) electrons. The lowest BCUT2D eigenvalue weighted by molar-refractivity contribution is 0.0688. The summed E-state index contributed by atoms with van der Waals surface area (Å²) in [6.45, 7) is 2.52. The molecule has 1 aromatic heterocycles. The summed E-state index contributed by atoms with van der Waals surface area (Å²) in [5.41, 5.74) is 2.89. The van der Waals surface area contributed by atoms with Gasteiger partial charge in [-0.05, 0) is 42.7 Å². The summed E-state index contributed by atoms with van der Waals surface area (Å²) in [5, 5.41) is 19.9. The van der Waals surface area contributed by atoms with E-state index in [1.165, 1.54) is 10.2 Å². The molecule has 28 heavy (non-hydrogen) atoms. The van der Waals surface area contributed by atoms with E-state index in [9.17, 15) is 14.7 Å². The molecule has 3 rings (SSSR count). The van der Waals surface area contributed by atoms with Gasteiger partial charge in [0, 0.05) is 12.1 Å². The molecule has 144 valence electrons. The normalized spacial score (nSPS) is 10.6. The maximum atomic E-state index is 12.3. The Hall–Kier alpha value is -3.48. The summed E-state index contributed by atoms with van der Waals surface area (Å²) in [4.78, 5) is 23.6. The maximum Gasteiger partial charge on any atom is 0.358 e. The zero-order chi connectivity index (χ0) is 19.9. The number of rotatable bonds is 8. The lowest BCUT2D eigenvalue weighted by atomic mass is 10.1. The minimum atomic E-state index is -1.09. The van der Waals surface area contributed by atoms with Crippen LogP contribution < -0.4 is 5.32 Å². The van der Waals surface area contributed by atoms with Gasteiger partial charge in [-0.25, -0.2) is 9.48 Å². The van der Waals surface area contributed by atoms with Gasteiger partial charge in [0.25, 0.3) is 5.91 Å². The van der Waals surface area contributed by atoms with E-state index in [0.717, 1.165) is 12.8 Å². The molecule has 0 fully saturated rings. The van der Waals surface area contributed by atoms with Crippen molar-refractivity contribution in [3.8, 4) is 5.69 Å². The van der Waals surface area contributed by atoms with Gasteiger partial charge in [0.15, 0.2) is 5.69 Å². The van der Waals surface area contributed by atoms with Crippen molar-refractivity contribution in [2.75, 3.05) is 6.54 Å². The van der Waals surface area contributed by atoms with E-state index in [-0.39, 0.29) is 11.6 Å². The van der Waals surface area contributed by atoms with Crippen LogP contribution in [0.5, 0.6) is 0 Å². The van der Waals surface area contributed by atoms with Gasteiger partial charge in [-0.2, -0.15) is 0 Å². The Morgan fingerprint density at radius 1 is 1.04 bits per heavy atom. The third-order valence-corrected chi connectivity index (χ3v) is 4.37. The molecular weight excluding hydrogens is 356 g/mol. The first kappa shape index (κ1) is 19.3. The Balaban J connectivity index is 1.68. The number of amides is 1. The Kier molecular flexibility index (Phi) is 6.16. The molecule has 1 heterocycles. The predicted molar refractivity (Wildman–Crippen MR) is 105 cm³/mol. The number of carbonyl (C=O) groups excluding carboxylic acids is 1. The Morgan fingerprint density at radius 3 is 2.39 bits per heavy atom. The topological polar surface area (TPSA) is 97.1 Å². The average Bonchev–Trinajstić information content (AvgIpc) is 3.13. The van der Waals surface area contributed by atoms with Crippen LogP contribution in [-0.4, -0.2) is 38.5 Å². The first-order valence-electron chi connectivity index (χ1n) is 9.20. The molecule has 2 N–H and O–H groups in total. The van der Waals surface area contributed by atoms with Crippen molar-refractivity contribution in [3.05, 3.63) is 77.1 Å². The fourth-order valence-corrected chi connectivity index (χ4v) is 2.96. The second kappa shape index (κ2) is 8.94. The SMILES string of the molecule is CCCc1c(C(=O)O)nnn1-c1ccc(C(=O)NCCc2ccccc2)cc1. The molecule has 1 amide bonds. The number of nitrogens with zero attached hydrogens (tertiary/aromatic N) is 3. The Bertz CT molecular complexity index is 950. The molecule has 0 bridgehead atoms. The first-order valence-corrected chi connectivity index (χ1v) is 9.20.